The molecule has 0 aliphatic rings. The molecule has 3 heterocycles. The summed E-state index contributed by atoms with van der Waals surface area (Å²) in [6, 6.07) is 31.5. The van der Waals surface area contributed by atoms with Crippen LogP contribution in [0.15, 0.2) is 127 Å². The second-order valence-electron chi connectivity index (χ2n) is 15.9. The average Bonchev–Trinajstić information content (AvgIpc) is 4.09. The third kappa shape index (κ3) is 14.9. The number of carboxylic acids is 1. The summed E-state index contributed by atoms with van der Waals surface area (Å²) in [5.41, 5.74) is -0.183. The van der Waals surface area contributed by atoms with Crippen molar-refractivity contribution >= 4 is 101 Å². The molecular weight excluding hydrogens is 1160 g/mol. The smallest absolute Gasteiger partial charge is 0.416 e. The zero-order chi connectivity index (χ0) is 56.4. The zero-order valence-electron chi connectivity index (χ0n) is 39.8. The van der Waals surface area contributed by atoms with Crippen LogP contribution in [0.25, 0.3) is 32.7 Å². The number of halogens is 13. The van der Waals surface area contributed by atoms with E-state index in [0.29, 0.717) is 34.1 Å². The number of rotatable bonds is 10. The first kappa shape index (κ1) is 59.1. The first-order valence-corrected chi connectivity index (χ1v) is 24.7. The van der Waals surface area contributed by atoms with Gasteiger partial charge in [-0.2, -0.15) is 54.8 Å². The first-order valence-electron chi connectivity index (χ1n) is 22.4. The Morgan fingerprint density at radius 3 is 1.35 bits per heavy atom. The Labute approximate surface area is 454 Å². The quantitative estimate of drug-likeness (QED) is 0.0774. The molecule has 0 atom stereocenters. The van der Waals surface area contributed by atoms with Gasteiger partial charge in [-0.1, -0.05) is 124 Å². The third-order valence-electron chi connectivity index (χ3n) is 10.8. The van der Waals surface area contributed by atoms with Gasteiger partial charge in [0.05, 0.1) is 59.5 Å². The summed E-state index contributed by atoms with van der Waals surface area (Å²) in [5, 5.41) is 26.0. The molecule has 12 nitrogen and oxygen atoms in total. The summed E-state index contributed by atoms with van der Waals surface area (Å²) >= 11 is 19.8. The monoisotopic (exact) mass is 1200 g/mol. The van der Waals surface area contributed by atoms with E-state index in [1.807, 2.05) is 24.3 Å². The molecule has 0 bridgehead atoms. The van der Waals surface area contributed by atoms with Gasteiger partial charge in [0.1, 0.15) is 0 Å². The molecule has 9 aromatic rings. The van der Waals surface area contributed by atoms with Gasteiger partial charge < -0.3 is 14.6 Å². The standard InChI is InChI=1S/C18H14ClF3N2O2.C16H10ClF3N2O2.C10H10N2O2.C8H5BrClF3/c1-2-26-17(25)16-13-5-3-4-6-15(13)24(23-16)10-11-7-8-12(19)9-14(11)18(20,21)22;17-10-6-5-9(12(7-10)16(18,19)20)8-22-13-4-2-1-3-11(13)14(21-22)15(23)24;1-2-14-10(13)9-7-5-3-4-6-8(7)11-12-9;9-4-5-1-2-6(10)3-7(5)8(11,12)13/h3-9H,2,10H2,1H3;1-7H,8H2,(H,23,24);3-6H,2H2,1H3,(H,11,12);1-3H,4H2. The number of aromatic nitrogens is 6. The highest BCUT2D eigenvalue weighted by molar-refractivity contribution is 9.08. The van der Waals surface area contributed by atoms with E-state index in [1.165, 1.54) is 45.8 Å². The highest BCUT2D eigenvalue weighted by Crippen LogP contribution is 2.37. The van der Waals surface area contributed by atoms with Crippen molar-refractivity contribution in [3.8, 4) is 0 Å². The number of esters is 2. The minimum Gasteiger partial charge on any atom is -0.476 e. The largest absolute Gasteiger partial charge is 0.476 e. The van der Waals surface area contributed by atoms with Crippen LogP contribution in [-0.4, -0.2) is 66.0 Å². The van der Waals surface area contributed by atoms with Gasteiger partial charge >= 0.3 is 36.4 Å². The van der Waals surface area contributed by atoms with Gasteiger partial charge in [0.15, 0.2) is 17.1 Å². The van der Waals surface area contributed by atoms with E-state index in [0.717, 1.165) is 29.1 Å². The Bertz CT molecular complexity index is 3560. The summed E-state index contributed by atoms with van der Waals surface area (Å²) < 4.78 is 129. The van der Waals surface area contributed by atoms with Crippen LogP contribution in [0, 0.1) is 0 Å². The molecule has 6 aromatic carbocycles. The SMILES string of the molecule is CCOC(=O)c1n[nH]c2ccccc12.CCOC(=O)c1nn(Cc2ccc(Cl)cc2C(F)(F)F)c2ccccc12.FC(F)(F)c1cc(Cl)ccc1CBr.O=C(O)c1nn(Cc2ccc(Cl)cc2C(F)(F)F)c2ccccc12. The summed E-state index contributed by atoms with van der Waals surface area (Å²) in [7, 11) is 0. The maximum atomic E-state index is 13.3. The number of ether oxygens (including phenoxy) is 2. The Balaban J connectivity index is 0.000000173. The molecule has 0 saturated carbocycles. The number of aromatic amines is 1. The number of hydrogen-bond donors (Lipinski definition) is 2. The molecule has 0 unspecified atom stereocenters. The second-order valence-corrected chi connectivity index (χ2v) is 17.8. The Morgan fingerprint density at radius 1 is 0.545 bits per heavy atom. The normalized spacial score (nSPS) is 11.5. The van der Waals surface area contributed by atoms with E-state index in [-0.39, 0.29) is 74.1 Å². The van der Waals surface area contributed by atoms with Gasteiger partial charge in [-0.15, -0.1) is 0 Å². The average molecular weight is 1200 g/mol. The Kier molecular flexibility index (Phi) is 19.5. The van der Waals surface area contributed by atoms with Gasteiger partial charge in [-0.05, 0) is 85.1 Å². The number of hydrogen-bond acceptors (Lipinski definition) is 8. The topological polar surface area (TPSA) is 154 Å². The van der Waals surface area contributed by atoms with Crippen LogP contribution in [0.3, 0.4) is 0 Å². The Hall–Kier alpha value is -7.14. The van der Waals surface area contributed by atoms with E-state index in [2.05, 4.69) is 36.3 Å². The van der Waals surface area contributed by atoms with Crippen molar-refractivity contribution in [2.24, 2.45) is 0 Å². The summed E-state index contributed by atoms with van der Waals surface area (Å²) in [5.74, 6) is -2.24. The van der Waals surface area contributed by atoms with Crippen molar-refractivity contribution in [3.63, 3.8) is 0 Å². The van der Waals surface area contributed by atoms with Crippen LogP contribution in [-0.2, 0) is 46.4 Å². The predicted octanol–water partition coefficient (Wildman–Crippen LogP) is 15.4. The lowest BCUT2D eigenvalue weighted by atomic mass is 10.1. The molecule has 3 aromatic heterocycles. The van der Waals surface area contributed by atoms with Crippen LogP contribution in [0.1, 0.15) is 78.7 Å². The van der Waals surface area contributed by atoms with Crippen LogP contribution in [0.5, 0.6) is 0 Å². The van der Waals surface area contributed by atoms with E-state index < -0.39 is 47.2 Å². The van der Waals surface area contributed by atoms with E-state index >= 15 is 0 Å². The fraction of sp³-hybridized carbons (Fsp3) is 0.192. The van der Waals surface area contributed by atoms with Crippen LogP contribution in [0.4, 0.5) is 39.5 Å². The molecular formula is C52H39BrCl3F9N6O6. The van der Waals surface area contributed by atoms with Crippen molar-refractivity contribution in [3.05, 3.63) is 193 Å². The lowest BCUT2D eigenvalue weighted by molar-refractivity contribution is -0.139. The number of aromatic carboxylic acids is 1. The lowest BCUT2D eigenvalue weighted by Crippen LogP contribution is -2.13. The summed E-state index contributed by atoms with van der Waals surface area (Å²) in [6.07, 6.45) is -13.5. The molecule has 2 N–H and O–H groups in total. The van der Waals surface area contributed by atoms with Crippen molar-refractivity contribution in [2.75, 3.05) is 13.2 Å². The molecule has 77 heavy (non-hydrogen) atoms. The lowest BCUT2D eigenvalue weighted by Gasteiger charge is -2.13. The highest BCUT2D eigenvalue weighted by atomic mass is 79.9. The third-order valence-corrected chi connectivity index (χ3v) is 12.2. The summed E-state index contributed by atoms with van der Waals surface area (Å²) in [6.45, 7) is 3.59. The first-order chi connectivity index (χ1) is 36.4. The van der Waals surface area contributed by atoms with Crippen LogP contribution in [0.2, 0.25) is 15.1 Å². The fourth-order valence-electron chi connectivity index (χ4n) is 7.48. The van der Waals surface area contributed by atoms with Gasteiger partial charge in [-0.25, -0.2) is 14.4 Å². The number of H-pyrrole nitrogens is 1. The van der Waals surface area contributed by atoms with Crippen molar-refractivity contribution in [1.82, 2.24) is 29.8 Å². The predicted molar refractivity (Wildman–Crippen MR) is 275 cm³/mol. The molecule has 0 spiro atoms. The molecule has 9 rings (SSSR count). The minimum absolute atomic E-state index is 0.00129. The van der Waals surface area contributed by atoms with Gasteiger partial charge in [0, 0.05) is 36.6 Å². The van der Waals surface area contributed by atoms with Gasteiger partial charge in [-0.3, -0.25) is 14.5 Å². The molecule has 0 aliphatic carbocycles. The van der Waals surface area contributed by atoms with Gasteiger partial charge in [0.2, 0.25) is 0 Å². The minimum atomic E-state index is -4.57. The van der Waals surface area contributed by atoms with E-state index in [9.17, 15) is 59.0 Å². The molecule has 0 saturated heterocycles. The van der Waals surface area contributed by atoms with Gasteiger partial charge in [0.25, 0.3) is 0 Å². The maximum Gasteiger partial charge on any atom is 0.416 e. The number of nitrogens with one attached hydrogen (secondary N) is 1. The fourth-order valence-corrected chi connectivity index (χ4v) is 8.48. The zero-order valence-corrected chi connectivity index (χ0v) is 43.7. The Morgan fingerprint density at radius 2 is 0.922 bits per heavy atom. The van der Waals surface area contributed by atoms with Crippen molar-refractivity contribution in [1.29, 1.82) is 0 Å². The van der Waals surface area contributed by atoms with Crippen molar-refractivity contribution in [2.45, 2.75) is 50.8 Å². The number of alkyl halides is 10. The molecule has 0 radical (unpaired) electrons. The number of benzene rings is 6. The van der Waals surface area contributed by atoms with Crippen molar-refractivity contribution < 1.29 is 68.5 Å². The molecule has 0 amide bonds. The number of para-hydroxylation sites is 3. The maximum absolute atomic E-state index is 13.3. The number of nitrogens with zero attached hydrogens (tertiary/aromatic N) is 5. The molecule has 0 fully saturated rings. The summed E-state index contributed by atoms with van der Waals surface area (Å²) in [4.78, 5) is 34.8. The highest BCUT2D eigenvalue weighted by Gasteiger charge is 2.36. The van der Waals surface area contributed by atoms with E-state index in [4.69, 9.17) is 44.3 Å². The number of fused-ring (bicyclic) bond motifs is 3. The second kappa shape index (κ2) is 25.3. The molecule has 0 aliphatic heterocycles. The molecule has 25 heteroatoms. The van der Waals surface area contributed by atoms with E-state index in [1.54, 1.807) is 62.4 Å². The number of carbonyl (C=O) groups excluding carboxylic acids is 2. The number of carboxylic acid groups (broad SMARTS) is 1. The molecule has 404 valence electrons. The van der Waals surface area contributed by atoms with Crippen LogP contribution >= 0.6 is 50.7 Å². The van der Waals surface area contributed by atoms with Crippen LogP contribution < -0.4 is 0 Å². The number of carbonyl (C=O) groups is 3.